The van der Waals surface area contributed by atoms with E-state index >= 15 is 0 Å². The zero-order valence-corrected chi connectivity index (χ0v) is 14.6. The van der Waals surface area contributed by atoms with Crippen molar-refractivity contribution in [1.29, 1.82) is 0 Å². The van der Waals surface area contributed by atoms with Gasteiger partial charge in [0.05, 0.1) is 0 Å². The van der Waals surface area contributed by atoms with Crippen molar-refractivity contribution < 1.29 is 4.39 Å². The lowest BCUT2D eigenvalue weighted by molar-refractivity contribution is 0.545. The van der Waals surface area contributed by atoms with Crippen molar-refractivity contribution in [2.45, 2.75) is 24.8 Å². The van der Waals surface area contributed by atoms with E-state index in [2.05, 4.69) is 40.3 Å². The normalized spacial score (nSPS) is 12.4. The van der Waals surface area contributed by atoms with Gasteiger partial charge in [-0.2, -0.15) is 0 Å². The molecule has 1 N–H and O–H groups in total. The summed E-state index contributed by atoms with van der Waals surface area (Å²) < 4.78 is 15.0. The Bertz CT molecular complexity index is 603. The van der Waals surface area contributed by atoms with Crippen LogP contribution in [0.3, 0.4) is 0 Å². The number of aryl methyl sites for hydroxylation is 1. The van der Waals surface area contributed by atoms with Gasteiger partial charge in [-0.1, -0.05) is 41.1 Å². The van der Waals surface area contributed by atoms with Crippen molar-refractivity contribution in [3.63, 3.8) is 0 Å². The van der Waals surface area contributed by atoms with E-state index in [0.29, 0.717) is 5.56 Å². The summed E-state index contributed by atoms with van der Waals surface area (Å²) in [6.45, 7) is 4.95. The van der Waals surface area contributed by atoms with Crippen molar-refractivity contribution in [2.24, 2.45) is 0 Å². The predicted octanol–water partition coefficient (Wildman–Crippen LogP) is 5.34. The van der Waals surface area contributed by atoms with Crippen LogP contribution in [0.1, 0.15) is 24.1 Å². The summed E-state index contributed by atoms with van der Waals surface area (Å²) in [7, 11) is 0. The first-order valence-electron chi connectivity index (χ1n) is 6.98. The molecule has 21 heavy (non-hydrogen) atoms. The minimum absolute atomic E-state index is 0.00268. The van der Waals surface area contributed by atoms with E-state index in [4.69, 9.17) is 0 Å². The van der Waals surface area contributed by atoms with E-state index in [9.17, 15) is 4.39 Å². The summed E-state index contributed by atoms with van der Waals surface area (Å²) in [6, 6.07) is 13.4. The van der Waals surface area contributed by atoms with Gasteiger partial charge in [0, 0.05) is 26.7 Å². The summed E-state index contributed by atoms with van der Waals surface area (Å²) in [5.41, 5.74) is 1.97. The Labute approximate surface area is 138 Å². The van der Waals surface area contributed by atoms with E-state index in [1.165, 1.54) is 16.5 Å². The molecule has 4 heteroatoms. The molecule has 0 heterocycles. The van der Waals surface area contributed by atoms with Crippen molar-refractivity contribution in [2.75, 3.05) is 12.3 Å². The van der Waals surface area contributed by atoms with Gasteiger partial charge in [0.2, 0.25) is 0 Å². The molecule has 0 spiro atoms. The van der Waals surface area contributed by atoms with Crippen molar-refractivity contribution in [3.05, 3.63) is 63.9 Å². The van der Waals surface area contributed by atoms with Crippen LogP contribution in [-0.2, 0) is 0 Å². The van der Waals surface area contributed by atoms with Crippen LogP contribution in [-0.4, -0.2) is 12.3 Å². The molecule has 1 atom stereocenters. The molecule has 0 amide bonds. The smallest absolute Gasteiger partial charge is 0.128 e. The van der Waals surface area contributed by atoms with E-state index in [1.54, 1.807) is 17.8 Å². The van der Waals surface area contributed by atoms with Crippen LogP contribution < -0.4 is 5.32 Å². The Hall–Kier alpha value is -0.840. The lowest BCUT2D eigenvalue weighted by Gasteiger charge is -2.19. The molecule has 2 aromatic rings. The average molecular weight is 368 g/mol. The van der Waals surface area contributed by atoms with Crippen LogP contribution in [0.5, 0.6) is 0 Å². The van der Waals surface area contributed by atoms with Gasteiger partial charge in [-0.15, -0.1) is 11.8 Å². The first-order valence-corrected chi connectivity index (χ1v) is 8.76. The first kappa shape index (κ1) is 16.5. The van der Waals surface area contributed by atoms with Crippen LogP contribution in [0.15, 0.2) is 51.8 Å². The average Bonchev–Trinajstić information content (AvgIpc) is 2.48. The van der Waals surface area contributed by atoms with E-state index in [-0.39, 0.29) is 11.9 Å². The van der Waals surface area contributed by atoms with E-state index < -0.39 is 0 Å². The third-order valence-electron chi connectivity index (χ3n) is 3.28. The van der Waals surface area contributed by atoms with Gasteiger partial charge in [-0.05, 0) is 43.3 Å². The van der Waals surface area contributed by atoms with Crippen LogP contribution >= 0.6 is 27.7 Å². The molecule has 1 unspecified atom stereocenters. The number of benzene rings is 2. The fourth-order valence-corrected chi connectivity index (χ4v) is 3.67. The molecule has 0 aromatic heterocycles. The molecule has 1 nitrogen and oxygen atoms in total. The Balaban J connectivity index is 2.16. The second-order valence-electron chi connectivity index (χ2n) is 4.85. The molecule has 0 saturated carbocycles. The van der Waals surface area contributed by atoms with Crippen LogP contribution in [0.2, 0.25) is 0 Å². The zero-order chi connectivity index (χ0) is 15.2. The number of rotatable bonds is 6. The quantitative estimate of drug-likeness (QED) is 0.691. The Morgan fingerprint density at radius 3 is 2.71 bits per heavy atom. The second kappa shape index (κ2) is 7.97. The highest BCUT2D eigenvalue weighted by atomic mass is 79.9. The van der Waals surface area contributed by atoms with Gasteiger partial charge < -0.3 is 5.32 Å². The van der Waals surface area contributed by atoms with E-state index in [0.717, 1.165) is 16.8 Å². The number of halogens is 2. The number of nitrogens with one attached hydrogen (secondary N) is 1. The molecular weight excluding hydrogens is 349 g/mol. The number of hydrogen-bond acceptors (Lipinski definition) is 2. The minimum Gasteiger partial charge on any atom is -0.309 e. The van der Waals surface area contributed by atoms with Gasteiger partial charge in [-0.25, -0.2) is 4.39 Å². The Kier molecular flexibility index (Phi) is 6.27. The lowest BCUT2D eigenvalue weighted by atomic mass is 10.1. The van der Waals surface area contributed by atoms with Crippen LogP contribution in [0.25, 0.3) is 0 Å². The Morgan fingerprint density at radius 2 is 2.00 bits per heavy atom. The molecule has 0 aliphatic rings. The Morgan fingerprint density at radius 1 is 1.24 bits per heavy atom. The number of hydrogen-bond donors (Lipinski definition) is 1. The lowest BCUT2D eigenvalue weighted by Crippen LogP contribution is -2.24. The van der Waals surface area contributed by atoms with Crippen molar-refractivity contribution >= 4 is 27.7 Å². The maximum Gasteiger partial charge on any atom is 0.128 e. The molecule has 2 aromatic carbocycles. The molecule has 0 aliphatic carbocycles. The summed E-state index contributed by atoms with van der Waals surface area (Å²) in [5.74, 6) is 0.640. The maximum absolute atomic E-state index is 14.1. The molecule has 0 radical (unpaired) electrons. The van der Waals surface area contributed by atoms with Gasteiger partial charge >= 0.3 is 0 Å². The van der Waals surface area contributed by atoms with Gasteiger partial charge in [0.1, 0.15) is 5.82 Å². The molecule has 0 saturated heterocycles. The van der Waals surface area contributed by atoms with Gasteiger partial charge in [-0.3, -0.25) is 0 Å². The minimum atomic E-state index is -0.158. The van der Waals surface area contributed by atoms with Gasteiger partial charge in [0.25, 0.3) is 0 Å². The summed E-state index contributed by atoms with van der Waals surface area (Å²) in [5, 5.41) is 3.37. The van der Waals surface area contributed by atoms with Crippen molar-refractivity contribution in [1.82, 2.24) is 5.32 Å². The highest BCUT2D eigenvalue weighted by molar-refractivity contribution is 9.10. The second-order valence-corrected chi connectivity index (χ2v) is 6.83. The topological polar surface area (TPSA) is 12.0 Å². The fraction of sp³-hybridized carbons (Fsp3) is 0.294. The largest absolute Gasteiger partial charge is 0.309 e. The summed E-state index contributed by atoms with van der Waals surface area (Å²) >= 11 is 5.18. The zero-order valence-electron chi connectivity index (χ0n) is 12.2. The summed E-state index contributed by atoms with van der Waals surface area (Å²) in [6.07, 6.45) is 0. The molecule has 112 valence electrons. The highest BCUT2D eigenvalue weighted by Gasteiger charge is 2.16. The first-order chi connectivity index (χ1) is 10.1. The molecule has 0 aliphatic heterocycles. The molecule has 0 bridgehead atoms. The highest BCUT2D eigenvalue weighted by Crippen LogP contribution is 2.29. The molecular formula is C17H19BrFNS. The third-order valence-corrected chi connectivity index (χ3v) is 5.05. The standard InChI is InChI=1S/C17H19BrFNS/c1-3-20-16(14-10-13(18)8-9-15(14)19)11-21-17-7-5-4-6-12(17)2/h4-10,16,20H,3,11H2,1-2H3. The molecule has 0 fully saturated rings. The SMILES string of the molecule is CCNC(CSc1ccccc1C)c1cc(Br)ccc1F. The maximum atomic E-state index is 14.1. The predicted molar refractivity (Wildman–Crippen MR) is 92.4 cm³/mol. The summed E-state index contributed by atoms with van der Waals surface area (Å²) in [4.78, 5) is 1.25. The number of thioether (sulfide) groups is 1. The van der Waals surface area contributed by atoms with E-state index in [1.807, 2.05) is 25.1 Å². The van der Waals surface area contributed by atoms with Crippen LogP contribution in [0, 0.1) is 12.7 Å². The third kappa shape index (κ3) is 4.56. The van der Waals surface area contributed by atoms with Crippen molar-refractivity contribution in [3.8, 4) is 0 Å². The monoisotopic (exact) mass is 367 g/mol. The van der Waals surface area contributed by atoms with Crippen LogP contribution in [0.4, 0.5) is 4.39 Å². The molecule has 2 rings (SSSR count). The van der Waals surface area contributed by atoms with Gasteiger partial charge in [0.15, 0.2) is 0 Å². The fourth-order valence-electron chi connectivity index (χ4n) is 2.18.